The molecule has 74 valence electrons. The number of rotatable bonds is 3. The fraction of sp³-hybridized carbons (Fsp3) is 0.200. The van der Waals surface area contributed by atoms with E-state index in [1.54, 1.807) is 18.2 Å². The van der Waals surface area contributed by atoms with Gasteiger partial charge in [-0.15, -0.1) is 0 Å². The third-order valence-electron chi connectivity index (χ3n) is 1.86. The number of anilines is 1. The summed E-state index contributed by atoms with van der Waals surface area (Å²) in [6, 6.07) is 6.31. The Bertz CT molecular complexity index is 373. The van der Waals surface area contributed by atoms with Crippen molar-refractivity contribution in [2.24, 2.45) is 0 Å². The van der Waals surface area contributed by atoms with Gasteiger partial charge in [0.15, 0.2) is 11.9 Å². The van der Waals surface area contributed by atoms with Crippen molar-refractivity contribution < 1.29 is 14.7 Å². The molecular weight excluding hydrogens is 182 g/mol. The number of Topliss-reactive ketones (excluding diaryl/α,β-unsaturated/α-hetero) is 2. The van der Waals surface area contributed by atoms with Gasteiger partial charge in [0.1, 0.15) is 0 Å². The first-order valence-corrected chi connectivity index (χ1v) is 4.11. The summed E-state index contributed by atoms with van der Waals surface area (Å²) in [6.07, 6.45) is -1.61. The van der Waals surface area contributed by atoms with Gasteiger partial charge in [-0.05, 0) is 19.1 Å². The summed E-state index contributed by atoms with van der Waals surface area (Å²) in [5.74, 6) is -1.24. The second-order valence-electron chi connectivity index (χ2n) is 2.96. The molecular formula is C10H11NO3. The first-order chi connectivity index (χ1) is 6.54. The van der Waals surface area contributed by atoms with Crippen molar-refractivity contribution in [3.05, 3.63) is 29.8 Å². The van der Waals surface area contributed by atoms with E-state index in [1.165, 1.54) is 6.07 Å². The zero-order valence-corrected chi connectivity index (χ0v) is 7.73. The lowest BCUT2D eigenvalue weighted by Gasteiger charge is -2.07. The normalized spacial score (nSPS) is 12.1. The van der Waals surface area contributed by atoms with E-state index < -0.39 is 17.7 Å². The van der Waals surface area contributed by atoms with Crippen molar-refractivity contribution in [3.63, 3.8) is 0 Å². The molecule has 0 fully saturated rings. The molecule has 3 N–H and O–H groups in total. The standard InChI is InChI=1S/C10H11NO3/c1-6(12)9(13)10(14)7-4-2-3-5-8(7)11/h2-5,9,13H,11H2,1H3. The van der Waals surface area contributed by atoms with Crippen LogP contribution in [0.4, 0.5) is 5.69 Å². The van der Waals surface area contributed by atoms with Crippen LogP contribution in [0.3, 0.4) is 0 Å². The maximum Gasteiger partial charge on any atom is 0.200 e. The van der Waals surface area contributed by atoms with Gasteiger partial charge >= 0.3 is 0 Å². The maximum absolute atomic E-state index is 11.5. The maximum atomic E-state index is 11.5. The molecule has 4 heteroatoms. The van der Waals surface area contributed by atoms with Crippen molar-refractivity contribution in [2.45, 2.75) is 13.0 Å². The number of carbonyl (C=O) groups excluding carboxylic acids is 2. The Kier molecular flexibility index (Phi) is 2.99. The van der Waals surface area contributed by atoms with Crippen LogP contribution in [0.2, 0.25) is 0 Å². The minimum atomic E-state index is -1.61. The van der Waals surface area contributed by atoms with Gasteiger partial charge in [-0.1, -0.05) is 12.1 Å². The lowest BCUT2D eigenvalue weighted by Crippen LogP contribution is -2.28. The molecule has 0 bridgehead atoms. The van der Waals surface area contributed by atoms with E-state index in [2.05, 4.69) is 0 Å². The van der Waals surface area contributed by atoms with Crippen LogP contribution in [-0.2, 0) is 4.79 Å². The van der Waals surface area contributed by atoms with E-state index in [9.17, 15) is 14.7 Å². The molecule has 0 amide bonds. The Morgan fingerprint density at radius 2 is 1.93 bits per heavy atom. The number of hydrogen-bond donors (Lipinski definition) is 2. The first kappa shape index (κ1) is 10.4. The van der Waals surface area contributed by atoms with Crippen LogP contribution in [-0.4, -0.2) is 22.8 Å². The smallest absolute Gasteiger partial charge is 0.200 e. The highest BCUT2D eigenvalue weighted by Gasteiger charge is 2.22. The molecule has 0 aliphatic carbocycles. The molecule has 0 saturated heterocycles. The molecule has 0 heterocycles. The first-order valence-electron chi connectivity index (χ1n) is 4.11. The Morgan fingerprint density at radius 3 is 2.43 bits per heavy atom. The summed E-state index contributed by atoms with van der Waals surface area (Å²) in [6.45, 7) is 1.15. The Hall–Kier alpha value is -1.68. The summed E-state index contributed by atoms with van der Waals surface area (Å²) in [5.41, 5.74) is 5.95. The van der Waals surface area contributed by atoms with E-state index >= 15 is 0 Å². The van der Waals surface area contributed by atoms with Crippen molar-refractivity contribution in [3.8, 4) is 0 Å². The third-order valence-corrected chi connectivity index (χ3v) is 1.86. The van der Waals surface area contributed by atoms with Gasteiger partial charge in [0.05, 0.1) is 0 Å². The number of benzene rings is 1. The van der Waals surface area contributed by atoms with Gasteiger partial charge in [0, 0.05) is 11.3 Å². The van der Waals surface area contributed by atoms with Crippen molar-refractivity contribution >= 4 is 17.3 Å². The number of nitrogens with two attached hydrogens (primary N) is 1. The minimum Gasteiger partial charge on any atom is -0.398 e. The number of carbonyl (C=O) groups is 2. The van der Waals surface area contributed by atoms with Crippen LogP contribution < -0.4 is 5.73 Å². The molecule has 1 unspecified atom stereocenters. The molecule has 0 spiro atoms. The Balaban J connectivity index is 3.01. The highest BCUT2D eigenvalue weighted by atomic mass is 16.3. The van der Waals surface area contributed by atoms with E-state index in [1.807, 2.05) is 0 Å². The van der Waals surface area contributed by atoms with Gasteiger partial charge in [-0.2, -0.15) is 0 Å². The fourth-order valence-electron chi connectivity index (χ4n) is 1.05. The second kappa shape index (κ2) is 4.02. The zero-order chi connectivity index (χ0) is 10.7. The average Bonchev–Trinajstić information content (AvgIpc) is 2.16. The minimum absolute atomic E-state index is 0.176. The Morgan fingerprint density at radius 1 is 1.36 bits per heavy atom. The molecule has 4 nitrogen and oxygen atoms in total. The number of ketones is 2. The number of aliphatic hydroxyl groups is 1. The predicted octanol–water partition coefficient (Wildman–Crippen LogP) is 0.401. The van der Waals surface area contributed by atoms with Gasteiger partial charge in [0.2, 0.25) is 5.78 Å². The van der Waals surface area contributed by atoms with E-state index in [0.717, 1.165) is 6.92 Å². The number of nitrogen functional groups attached to an aromatic ring is 1. The molecule has 0 radical (unpaired) electrons. The molecule has 0 aliphatic rings. The molecule has 0 saturated carbocycles. The highest BCUT2D eigenvalue weighted by molar-refractivity contribution is 6.14. The average molecular weight is 193 g/mol. The zero-order valence-electron chi connectivity index (χ0n) is 7.73. The molecule has 1 atom stereocenters. The molecule has 1 aromatic rings. The Labute approximate surface area is 81.3 Å². The van der Waals surface area contributed by atoms with Crippen LogP contribution in [0, 0.1) is 0 Å². The molecule has 1 aromatic carbocycles. The molecule has 14 heavy (non-hydrogen) atoms. The fourth-order valence-corrected chi connectivity index (χ4v) is 1.05. The number of hydrogen-bond acceptors (Lipinski definition) is 4. The second-order valence-corrected chi connectivity index (χ2v) is 2.96. The van der Waals surface area contributed by atoms with E-state index in [-0.39, 0.29) is 11.3 Å². The highest BCUT2D eigenvalue weighted by Crippen LogP contribution is 2.13. The molecule has 1 rings (SSSR count). The van der Waals surface area contributed by atoms with Crippen LogP contribution in [0.5, 0.6) is 0 Å². The quantitative estimate of drug-likeness (QED) is 0.413. The van der Waals surface area contributed by atoms with E-state index in [0.29, 0.717) is 0 Å². The SMILES string of the molecule is CC(=O)C(O)C(=O)c1ccccc1N. The predicted molar refractivity (Wildman–Crippen MR) is 51.9 cm³/mol. The topological polar surface area (TPSA) is 80.4 Å². The van der Waals surface area contributed by atoms with Crippen molar-refractivity contribution in [1.29, 1.82) is 0 Å². The lowest BCUT2D eigenvalue weighted by molar-refractivity contribution is -0.122. The van der Waals surface area contributed by atoms with Crippen molar-refractivity contribution in [2.75, 3.05) is 5.73 Å². The van der Waals surface area contributed by atoms with Crippen molar-refractivity contribution in [1.82, 2.24) is 0 Å². The lowest BCUT2D eigenvalue weighted by atomic mass is 10.0. The summed E-state index contributed by atoms with van der Waals surface area (Å²) >= 11 is 0. The van der Waals surface area contributed by atoms with Crippen LogP contribution in [0.1, 0.15) is 17.3 Å². The monoisotopic (exact) mass is 193 g/mol. The summed E-state index contributed by atoms with van der Waals surface area (Å²) < 4.78 is 0. The molecule has 0 aliphatic heterocycles. The van der Waals surface area contributed by atoms with Gasteiger partial charge in [-0.3, -0.25) is 9.59 Å². The van der Waals surface area contributed by atoms with Gasteiger partial charge in [0.25, 0.3) is 0 Å². The van der Waals surface area contributed by atoms with Gasteiger partial charge in [-0.25, -0.2) is 0 Å². The number of aliphatic hydroxyl groups excluding tert-OH is 1. The molecule has 0 aromatic heterocycles. The third kappa shape index (κ3) is 1.97. The largest absolute Gasteiger partial charge is 0.398 e. The van der Waals surface area contributed by atoms with E-state index in [4.69, 9.17) is 5.73 Å². The summed E-state index contributed by atoms with van der Waals surface area (Å²) in [5, 5.41) is 9.22. The number of para-hydroxylation sites is 1. The van der Waals surface area contributed by atoms with Crippen LogP contribution >= 0.6 is 0 Å². The summed E-state index contributed by atoms with van der Waals surface area (Å²) in [4.78, 5) is 22.2. The van der Waals surface area contributed by atoms with Crippen LogP contribution in [0.25, 0.3) is 0 Å². The van der Waals surface area contributed by atoms with Gasteiger partial charge < -0.3 is 10.8 Å². The summed E-state index contributed by atoms with van der Waals surface area (Å²) in [7, 11) is 0. The van der Waals surface area contributed by atoms with Crippen LogP contribution in [0.15, 0.2) is 24.3 Å².